The summed E-state index contributed by atoms with van der Waals surface area (Å²) in [6.45, 7) is 9.60. The van der Waals surface area contributed by atoms with E-state index in [0.29, 0.717) is 60.5 Å². The number of aromatic nitrogens is 4. The molecule has 10 nitrogen and oxygen atoms in total. The molecule has 2 aliphatic heterocycles. The molecule has 3 aromatic rings. The van der Waals surface area contributed by atoms with Crippen LogP contribution in [0.3, 0.4) is 0 Å². The third-order valence-electron chi connectivity index (χ3n) is 5.83. The van der Waals surface area contributed by atoms with Crippen LogP contribution in [-0.2, 0) is 4.74 Å². The second-order valence-electron chi connectivity index (χ2n) is 7.94. The predicted octanol–water partition coefficient (Wildman–Crippen LogP) is 2.83. The van der Waals surface area contributed by atoms with E-state index in [0.717, 1.165) is 0 Å². The Bertz CT molecular complexity index is 1210. The maximum absolute atomic E-state index is 12.9. The number of ether oxygens (including phenoxy) is 1. The van der Waals surface area contributed by atoms with Gasteiger partial charge in [-0.25, -0.2) is 9.97 Å². The number of carbonyl (C=O) groups is 3. The molecule has 1 saturated heterocycles. The molecule has 35 heavy (non-hydrogen) atoms. The summed E-state index contributed by atoms with van der Waals surface area (Å²) in [6, 6.07) is 9.44. The number of hydrogen-bond donors (Lipinski definition) is 0. The van der Waals surface area contributed by atoms with Gasteiger partial charge in [0.2, 0.25) is 0 Å². The zero-order valence-electron chi connectivity index (χ0n) is 20.3. The van der Waals surface area contributed by atoms with Crippen molar-refractivity contribution in [2.24, 2.45) is 0 Å². The van der Waals surface area contributed by atoms with Gasteiger partial charge in [-0.2, -0.15) is 4.68 Å². The number of fused-ring (bicyclic) bond motifs is 1. The quantitative estimate of drug-likeness (QED) is 0.533. The number of imide groups is 1. The second-order valence-corrected chi connectivity index (χ2v) is 7.94. The number of hydrogen-bond acceptors (Lipinski definition) is 7. The molecule has 0 N–H and O–H groups in total. The lowest BCUT2D eigenvalue weighted by Gasteiger charge is -2.26. The molecule has 3 amide bonds. The molecule has 2 aliphatic rings. The predicted molar refractivity (Wildman–Crippen MR) is 127 cm³/mol. The number of aryl methyl sites for hydroxylation is 1. The molecule has 2 aromatic heterocycles. The van der Waals surface area contributed by atoms with Gasteiger partial charge in [-0.05, 0) is 38.1 Å². The summed E-state index contributed by atoms with van der Waals surface area (Å²) in [5.41, 5.74) is 1.22. The lowest BCUT2D eigenvalue weighted by molar-refractivity contribution is 0.0302. The Morgan fingerprint density at radius 3 is 2.20 bits per heavy atom. The van der Waals surface area contributed by atoms with E-state index in [9.17, 15) is 14.4 Å². The van der Waals surface area contributed by atoms with Crippen molar-refractivity contribution in [2.45, 2.75) is 33.7 Å². The van der Waals surface area contributed by atoms with Gasteiger partial charge < -0.3 is 9.64 Å². The molecule has 1 atom stereocenters. The first-order valence-electron chi connectivity index (χ1n) is 11.7. The van der Waals surface area contributed by atoms with E-state index in [1.54, 1.807) is 55.1 Å². The zero-order valence-corrected chi connectivity index (χ0v) is 20.3. The van der Waals surface area contributed by atoms with Gasteiger partial charge in [0, 0.05) is 19.3 Å². The summed E-state index contributed by atoms with van der Waals surface area (Å²) in [5.74, 6) is 0.481. The number of amides is 3. The molecule has 182 valence electrons. The Morgan fingerprint density at radius 1 is 1.00 bits per heavy atom. The van der Waals surface area contributed by atoms with Crippen LogP contribution in [0.1, 0.15) is 69.5 Å². The molecular formula is C25H28N6O4. The van der Waals surface area contributed by atoms with E-state index in [-0.39, 0.29) is 17.7 Å². The van der Waals surface area contributed by atoms with Crippen LogP contribution >= 0.6 is 0 Å². The molecule has 1 aromatic carbocycles. The van der Waals surface area contributed by atoms with Crippen LogP contribution in [0.4, 0.5) is 0 Å². The van der Waals surface area contributed by atoms with Crippen molar-refractivity contribution < 1.29 is 19.1 Å². The number of morpholine rings is 1. The van der Waals surface area contributed by atoms with Crippen LogP contribution in [-0.4, -0.2) is 73.6 Å². The molecule has 1 fully saturated rings. The Hall–Kier alpha value is -3.92. The van der Waals surface area contributed by atoms with Gasteiger partial charge in [0.1, 0.15) is 5.82 Å². The third kappa shape index (κ3) is 4.44. The second kappa shape index (κ2) is 10.1. The smallest absolute Gasteiger partial charge is 0.262 e. The molecule has 4 heterocycles. The van der Waals surface area contributed by atoms with Gasteiger partial charge >= 0.3 is 0 Å². The Kier molecular flexibility index (Phi) is 7.02. The number of nitrogens with zero attached hydrogens (tertiary/aromatic N) is 6. The van der Waals surface area contributed by atoms with Crippen LogP contribution in [0, 0.1) is 6.92 Å². The number of benzene rings is 1. The SMILES string of the molecule is CC.Cc1nc(C(C)N2C(=O)c3ccccc3C2=O)n(-c2ccc(C(=O)N3CCOCC3)cn2)n1. The van der Waals surface area contributed by atoms with Gasteiger partial charge in [-0.3, -0.25) is 19.3 Å². The summed E-state index contributed by atoms with van der Waals surface area (Å²) in [7, 11) is 0. The van der Waals surface area contributed by atoms with Gasteiger partial charge in [0.15, 0.2) is 11.6 Å². The maximum atomic E-state index is 12.9. The first-order valence-corrected chi connectivity index (χ1v) is 11.7. The molecule has 5 rings (SSSR count). The normalized spacial score (nSPS) is 16.0. The fourth-order valence-corrected chi connectivity index (χ4v) is 4.13. The van der Waals surface area contributed by atoms with Crippen molar-refractivity contribution >= 4 is 17.7 Å². The molecule has 0 aliphatic carbocycles. The maximum Gasteiger partial charge on any atom is 0.262 e. The van der Waals surface area contributed by atoms with E-state index in [4.69, 9.17) is 4.74 Å². The molecule has 1 unspecified atom stereocenters. The minimum absolute atomic E-state index is 0.105. The Morgan fingerprint density at radius 2 is 1.63 bits per heavy atom. The number of rotatable bonds is 4. The third-order valence-corrected chi connectivity index (χ3v) is 5.83. The lowest BCUT2D eigenvalue weighted by Crippen LogP contribution is -2.40. The van der Waals surface area contributed by atoms with Crippen molar-refractivity contribution in [1.29, 1.82) is 0 Å². The summed E-state index contributed by atoms with van der Waals surface area (Å²) < 4.78 is 6.80. The zero-order chi connectivity index (χ0) is 25.1. The van der Waals surface area contributed by atoms with Crippen molar-refractivity contribution in [1.82, 2.24) is 29.5 Å². The highest BCUT2D eigenvalue weighted by atomic mass is 16.5. The van der Waals surface area contributed by atoms with Crippen LogP contribution in [0.15, 0.2) is 42.6 Å². The van der Waals surface area contributed by atoms with Crippen molar-refractivity contribution in [2.75, 3.05) is 26.3 Å². The van der Waals surface area contributed by atoms with Gasteiger partial charge in [-0.1, -0.05) is 26.0 Å². The van der Waals surface area contributed by atoms with E-state index >= 15 is 0 Å². The number of carbonyl (C=O) groups excluding carboxylic acids is 3. The Balaban J connectivity index is 0.00000141. The minimum Gasteiger partial charge on any atom is -0.378 e. The van der Waals surface area contributed by atoms with E-state index in [2.05, 4.69) is 15.1 Å². The fourth-order valence-electron chi connectivity index (χ4n) is 4.13. The van der Waals surface area contributed by atoms with Crippen LogP contribution in [0.5, 0.6) is 0 Å². The molecule has 10 heteroatoms. The van der Waals surface area contributed by atoms with Gasteiger partial charge in [0.05, 0.1) is 35.9 Å². The van der Waals surface area contributed by atoms with Crippen molar-refractivity contribution in [3.63, 3.8) is 0 Å². The Labute approximate surface area is 203 Å². The molecule has 0 radical (unpaired) electrons. The molecule has 0 saturated carbocycles. The van der Waals surface area contributed by atoms with Gasteiger partial charge in [0.25, 0.3) is 17.7 Å². The van der Waals surface area contributed by atoms with Crippen LogP contribution in [0.2, 0.25) is 0 Å². The molecular weight excluding hydrogens is 448 g/mol. The standard InChI is InChI=1S/C23H22N6O4.C2H6/c1-14(28-22(31)17-5-3-4-6-18(17)23(28)32)20-25-15(2)26-29(20)19-8-7-16(13-24-19)21(30)27-9-11-33-12-10-27;1-2/h3-8,13-14H,9-12H2,1-2H3;1-2H3. The molecule has 0 spiro atoms. The van der Waals surface area contributed by atoms with Crippen LogP contribution < -0.4 is 0 Å². The summed E-state index contributed by atoms with van der Waals surface area (Å²) in [4.78, 5) is 50.4. The monoisotopic (exact) mass is 476 g/mol. The first-order chi connectivity index (χ1) is 17.0. The summed E-state index contributed by atoms with van der Waals surface area (Å²) >= 11 is 0. The number of pyridine rings is 1. The minimum atomic E-state index is -0.671. The summed E-state index contributed by atoms with van der Waals surface area (Å²) in [6.07, 6.45) is 1.50. The van der Waals surface area contributed by atoms with E-state index < -0.39 is 6.04 Å². The fraction of sp³-hybridized carbons (Fsp3) is 0.360. The first kappa shape index (κ1) is 24.2. The van der Waals surface area contributed by atoms with Crippen molar-refractivity contribution in [3.8, 4) is 5.82 Å². The highest BCUT2D eigenvalue weighted by molar-refractivity contribution is 6.21. The summed E-state index contributed by atoms with van der Waals surface area (Å²) in [5, 5.41) is 4.42. The van der Waals surface area contributed by atoms with Crippen molar-refractivity contribution in [3.05, 3.63) is 70.9 Å². The molecule has 0 bridgehead atoms. The average Bonchev–Trinajstić information content (AvgIpc) is 3.42. The topological polar surface area (TPSA) is 111 Å². The highest BCUT2D eigenvalue weighted by Gasteiger charge is 2.40. The average molecular weight is 477 g/mol. The van der Waals surface area contributed by atoms with E-state index in [1.165, 1.54) is 15.8 Å². The highest BCUT2D eigenvalue weighted by Crippen LogP contribution is 2.31. The largest absolute Gasteiger partial charge is 0.378 e. The lowest BCUT2D eigenvalue weighted by atomic mass is 10.1. The van der Waals surface area contributed by atoms with Gasteiger partial charge in [-0.15, -0.1) is 5.10 Å². The van der Waals surface area contributed by atoms with Crippen LogP contribution in [0.25, 0.3) is 5.82 Å². The van der Waals surface area contributed by atoms with E-state index in [1.807, 2.05) is 13.8 Å².